The molecule has 2 amide bonds. The summed E-state index contributed by atoms with van der Waals surface area (Å²) < 4.78 is 7.91. The molecule has 1 fully saturated rings. The van der Waals surface area contributed by atoms with Crippen molar-refractivity contribution < 1.29 is 19.1 Å². The highest BCUT2D eigenvalue weighted by molar-refractivity contribution is 7.99. The first kappa shape index (κ1) is 23.8. The van der Waals surface area contributed by atoms with Gasteiger partial charge in [-0.15, -0.1) is 0 Å². The zero-order chi connectivity index (χ0) is 24.1. The van der Waals surface area contributed by atoms with Gasteiger partial charge in [-0.05, 0) is 24.1 Å². The number of primary amides is 1. The monoisotopic (exact) mass is 480 g/mol. The van der Waals surface area contributed by atoms with Crippen molar-refractivity contribution in [3.05, 3.63) is 65.4 Å². The minimum atomic E-state index is -1.02. The van der Waals surface area contributed by atoms with Gasteiger partial charge < -0.3 is 15.0 Å². The van der Waals surface area contributed by atoms with Crippen molar-refractivity contribution in [2.24, 2.45) is 5.73 Å². The Bertz CT molecular complexity index is 1200. The highest BCUT2D eigenvalue weighted by Gasteiger charge is 2.27. The zero-order valence-electron chi connectivity index (χ0n) is 19.1. The number of hydrazine groups is 1. The number of Topliss-reactive ketones (excluding diaryl/α,β-unsaturated/α-hetero) is 1. The molecule has 1 aliphatic heterocycles. The van der Waals surface area contributed by atoms with Crippen LogP contribution in [0.2, 0.25) is 0 Å². The Morgan fingerprint density at radius 2 is 1.79 bits per heavy atom. The third kappa shape index (κ3) is 5.10. The molecule has 3 aromatic rings. The molecule has 0 radical (unpaired) electrons. The summed E-state index contributed by atoms with van der Waals surface area (Å²) in [5, 5.41) is 2.39. The summed E-state index contributed by atoms with van der Waals surface area (Å²) in [6.07, 6.45) is 0.517. The predicted octanol–water partition coefficient (Wildman–Crippen LogP) is 2.38. The number of carbonyl (C=O) groups is 3. The molecule has 4 rings (SSSR count). The van der Waals surface area contributed by atoms with Gasteiger partial charge in [0.15, 0.2) is 6.61 Å². The second kappa shape index (κ2) is 10.8. The van der Waals surface area contributed by atoms with Crippen LogP contribution in [0.15, 0.2) is 48.5 Å². The largest absolute Gasteiger partial charge is 0.483 e. The van der Waals surface area contributed by atoms with E-state index in [0.717, 1.165) is 35.7 Å². The van der Waals surface area contributed by atoms with E-state index in [0.29, 0.717) is 29.8 Å². The molecule has 1 aromatic heterocycles. The Morgan fingerprint density at radius 3 is 2.47 bits per heavy atom. The molecule has 2 aromatic carbocycles. The van der Waals surface area contributed by atoms with Crippen LogP contribution in [0, 0.1) is 0 Å². The molecule has 178 valence electrons. The predicted molar refractivity (Wildman–Crippen MR) is 133 cm³/mol. The number of nitrogens with one attached hydrogen (secondary N) is 1. The molecule has 1 aliphatic rings. The van der Waals surface area contributed by atoms with E-state index in [9.17, 15) is 14.4 Å². The van der Waals surface area contributed by atoms with Gasteiger partial charge in [-0.25, -0.2) is 5.01 Å². The number of fused-ring (bicyclic) bond motifs is 1. The maximum atomic E-state index is 12.9. The molecule has 8 nitrogen and oxygen atoms in total. The van der Waals surface area contributed by atoms with Gasteiger partial charge in [-0.3, -0.25) is 19.8 Å². The Balaban J connectivity index is 1.70. The molecule has 0 unspecified atom stereocenters. The molecular formula is C25H28N4O4S. The van der Waals surface area contributed by atoms with Crippen LogP contribution in [-0.2, 0) is 22.6 Å². The van der Waals surface area contributed by atoms with E-state index < -0.39 is 11.7 Å². The van der Waals surface area contributed by atoms with E-state index in [1.54, 1.807) is 6.07 Å². The summed E-state index contributed by atoms with van der Waals surface area (Å²) in [4.78, 5) is 37.3. The summed E-state index contributed by atoms with van der Waals surface area (Å²) in [5.41, 5.74) is 11.0. The quantitative estimate of drug-likeness (QED) is 0.360. The molecule has 0 saturated carbocycles. The van der Waals surface area contributed by atoms with Crippen LogP contribution in [0.1, 0.15) is 28.5 Å². The summed E-state index contributed by atoms with van der Waals surface area (Å²) in [7, 11) is 0. The van der Waals surface area contributed by atoms with Crippen molar-refractivity contribution in [2.45, 2.75) is 19.9 Å². The van der Waals surface area contributed by atoms with Crippen LogP contribution in [0.4, 0.5) is 0 Å². The number of ether oxygens (including phenoxy) is 1. The smallest absolute Gasteiger partial charge is 0.289 e. The van der Waals surface area contributed by atoms with Crippen LogP contribution in [0.3, 0.4) is 0 Å². The van der Waals surface area contributed by atoms with Gasteiger partial charge in [0.25, 0.3) is 17.6 Å². The molecule has 1 saturated heterocycles. The zero-order valence-corrected chi connectivity index (χ0v) is 19.9. The Kier molecular flexibility index (Phi) is 7.54. The van der Waals surface area contributed by atoms with Crippen molar-refractivity contribution >= 4 is 40.3 Å². The lowest BCUT2D eigenvalue weighted by atomic mass is 10.0. The number of thioether (sulfide) groups is 1. The van der Waals surface area contributed by atoms with Gasteiger partial charge in [0, 0.05) is 36.8 Å². The molecule has 0 spiro atoms. The van der Waals surface area contributed by atoms with Crippen LogP contribution in [0.5, 0.6) is 5.75 Å². The van der Waals surface area contributed by atoms with E-state index in [2.05, 4.69) is 5.43 Å². The summed E-state index contributed by atoms with van der Waals surface area (Å²) in [6, 6.07) is 15.3. The highest BCUT2D eigenvalue weighted by atomic mass is 32.2. The lowest BCUT2D eigenvalue weighted by Crippen LogP contribution is -2.48. The van der Waals surface area contributed by atoms with Gasteiger partial charge in [0.2, 0.25) is 0 Å². The lowest BCUT2D eigenvalue weighted by Gasteiger charge is -2.26. The molecule has 9 heteroatoms. The standard InChI is InChI=1S/C25H28N4O4S/c1-2-18-23(24(31)25(26)32)22-19(29(18)15-17-7-4-3-5-8-17)9-6-10-20(22)33-16-21(30)27-28-11-13-34-14-12-28/h3-10H,2,11-16H2,1H3,(H2,26,32)(H,27,30). The number of hydrogen-bond acceptors (Lipinski definition) is 6. The third-order valence-corrected chi connectivity index (χ3v) is 6.72. The number of amides is 2. The Labute approximate surface area is 202 Å². The minimum Gasteiger partial charge on any atom is -0.483 e. The van der Waals surface area contributed by atoms with Crippen LogP contribution in [-0.4, -0.2) is 58.4 Å². The van der Waals surface area contributed by atoms with Crippen molar-refractivity contribution in [2.75, 3.05) is 31.2 Å². The van der Waals surface area contributed by atoms with Gasteiger partial charge in [0.05, 0.1) is 16.5 Å². The van der Waals surface area contributed by atoms with Gasteiger partial charge in [-0.2, -0.15) is 11.8 Å². The molecule has 0 aliphatic carbocycles. The van der Waals surface area contributed by atoms with E-state index in [4.69, 9.17) is 10.5 Å². The summed E-state index contributed by atoms with van der Waals surface area (Å²) >= 11 is 1.85. The SMILES string of the molecule is CCc1c(C(=O)C(N)=O)c2c(OCC(=O)NN3CCSCC3)cccc2n1Cc1ccccc1. The number of aromatic nitrogens is 1. The number of benzene rings is 2. The maximum Gasteiger partial charge on any atom is 0.289 e. The van der Waals surface area contributed by atoms with Crippen molar-refractivity contribution in [3.63, 3.8) is 0 Å². The Hall–Kier alpha value is -3.30. The van der Waals surface area contributed by atoms with Crippen molar-refractivity contribution in [1.82, 2.24) is 15.0 Å². The molecule has 0 bridgehead atoms. The molecule has 0 atom stereocenters. The fourth-order valence-electron chi connectivity index (χ4n) is 4.25. The van der Waals surface area contributed by atoms with E-state index in [1.807, 2.05) is 70.7 Å². The van der Waals surface area contributed by atoms with Gasteiger partial charge >= 0.3 is 0 Å². The number of ketones is 1. The van der Waals surface area contributed by atoms with Crippen LogP contribution < -0.4 is 15.9 Å². The Morgan fingerprint density at radius 1 is 1.06 bits per heavy atom. The molecular weight excluding hydrogens is 452 g/mol. The number of hydrogen-bond donors (Lipinski definition) is 2. The number of carbonyl (C=O) groups excluding carboxylic acids is 3. The fourth-order valence-corrected chi connectivity index (χ4v) is 5.15. The first-order chi connectivity index (χ1) is 16.5. The van der Waals surface area contributed by atoms with Crippen molar-refractivity contribution in [3.8, 4) is 5.75 Å². The third-order valence-electron chi connectivity index (χ3n) is 5.78. The summed E-state index contributed by atoms with van der Waals surface area (Å²) in [5.74, 6) is 0.240. The number of rotatable bonds is 9. The average molecular weight is 481 g/mol. The molecule has 34 heavy (non-hydrogen) atoms. The van der Waals surface area contributed by atoms with Crippen LogP contribution >= 0.6 is 11.8 Å². The highest BCUT2D eigenvalue weighted by Crippen LogP contribution is 2.35. The first-order valence-electron chi connectivity index (χ1n) is 11.3. The first-order valence-corrected chi connectivity index (χ1v) is 12.4. The maximum absolute atomic E-state index is 12.9. The van der Waals surface area contributed by atoms with E-state index in [-0.39, 0.29) is 18.1 Å². The van der Waals surface area contributed by atoms with Crippen molar-refractivity contribution in [1.29, 1.82) is 0 Å². The second-order valence-corrected chi connectivity index (χ2v) is 9.24. The van der Waals surface area contributed by atoms with E-state index >= 15 is 0 Å². The molecule has 2 heterocycles. The molecule has 3 N–H and O–H groups in total. The minimum absolute atomic E-state index is 0.210. The fraction of sp³-hybridized carbons (Fsp3) is 0.320. The number of nitrogens with zero attached hydrogens (tertiary/aromatic N) is 2. The average Bonchev–Trinajstić information content (AvgIpc) is 3.17. The van der Waals surface area contributed by atoms with E-state index in [1.165, 1.54) is 0 Å². The normalized spacial score (nSPS) is 14.1. The number of nitrogens with two attached hydrogens (primary N) is 1. The second-order valence-electron chi connectivity index (χ2n) is 8.01. The lowest BCUT2D eigenvalue weighted by molar-refractivity contribution is -0.127. The van der Waals surface area contributed by atoms with Crippen LogP contribution in [0.25, 0.3) is 10.9 Å². The van der Waals surface area contributed by atoms with Gasteiger partial charge in [0.1, 0.15) is 5.75 Å². The topological polar surface area (TPSA) is 107 Å². The van der Waals surface area contributed by atoms with Gasteiger partial charge in [-0.1, -0.05) is 43.3 Å². The summed E-state index contributed by atoms with van der Waals surface area (Å²) in [6.45, 7) is 3.80.